The molecule has 94 valence electrons. The minimum atomic E-state index is -0.363. The number of benzene rings is 1. The maximum atomic E-state index is 13.1. The number of aliphatic hydroxyl groups excluding tert-OH is 1. The van der Waals surface area contributed by atoms with Crippen molar-refractivity contribution < 1.29 is 14.3 Å². The summed E-state index contributed by atoms with van der Waals surface area (Å²) in [6, 6.07) is 5.83. The summed E-state index contributed by atoms with van der Waals surface area (Å²) in [7, 11) is 1.59. The summed E-state index contributed by atoms with van der Waals surface area (Å²) in [6.07, 6.45) is 1.45. The number of pyridine rings is 1. The summed E-state index contributed by atoms with van der Waals surface area (Å²) < 4.78 is 13.1. The Bertz CT molecular complexity index is 586. The molecule has 0 radical (unpaired) electrons. The summed E-state index contributed by atoms with van der Waals surface area (Å²) in [5.41, 5.74) is 1.02. The molecule has 2 rings (SSSR count). The van der Waals surface area contributed by atoms with Gasteiger partial charge in [-0.15, -0.1) is 0 Å². The average Bonchev–Trinajstić information content (AvgIpc) is 2.37. The van der Waals surface area contributed by atoms with Gasteiger partial charge in [0, 0.05) is 25.2 Å². The Hall–Kier alpha value is -2.01. The van der Waals surface area contributed by atoms with Crippen LogP contribution >= 0.6 is 0 Å². The predicted molar refractivity (Wildman–Crippen MR) is 65.7 cm³/mol. The summed E-state index contributed by atoms with van der Waals surface area (Å²) in [6.45, 7) is 0.151. The van der Waals surface area contributed by atoms with E-state index in [1.165, 1.54) is 23.2 Å². The highest BCUT2D eigenvalue weighted by Gasteiger charge is 2.12. The fourth-order valence-corrected chi connectivity index (χ4v) is 1.69. The Morgan fingerprint density at radius 2 is 2.22 bits per heavy atom. The number of aliphatic hydroxyl groups is 1. The third kappa shape index (κ3) is 2.46. The smallest absolute Gasteiger partial charge is 0.255 e. The second-order valence-corrected chi connectivity index (χ2v) is 4.01. The molecule has 1 N–H and O–H groups in total. The van der Waals surface area contributed by atoms with E-state index < -0.39 is 0 Å². The van der Waals surface area contributed by atoms with E-state index in [2.05, 4.69) is 4.98 Å². The summed E-state index contributed by atoms with van der Waals surface area (Å²) in [4.78, 5) is 17.4. The second-order valence-electron chi connectivity index (χ2n) is 4.01. The van der Waals surface area contributed by atoms with Gasteiger partial charge in [-0.3, -0.25) is 9.78 Å². The minimum Gasteiger partial charge on any atom is -0.395 e. The van der Waals surface area contributed by atoms with E-state index in [0.29, 0.717) is 16.5 Å². The van der Waals surface area contributed by atoms with E-state index in [1.54, 1.807) is 19.2 Å². The van der Waals surface area contributed by atoms with Crippen LogP contribution in [0.25, 0.3) is 10.9 Å². The normalized spacial score (nSPS) is 10.6. The van der Waals surface area contributed by atoms with Gasteiger partial charge < -0.3 is 10.0 Å². The number of carbonyl (C=O) groups excluding carboxylic acids is 1. The number of rotatable bonds is 3. The fourth-order valence-electron chi connectivity index (χ4n) is 1.69. The van der Waals surface area contributed by atoms with Crippen LogP contribution in [0.3, 0.4) is 0 Å². The number of carbonyl (C=O) groups is 1. The Labute approximate surface area is 104 Å². The van der Waals surface area contributed by atoms with Crippen LogP contribution in [-0.4, -0.2) is 41.1 Å². The molecule has 0 bridgehead atoms. The molecular weight excluding hydrogens is 235 g/mol. The molecule has 4 nitrogen and oxygen atoms in total. The molecule has 1 aromatic carbocycles. The topological polar surface area (TPSA) is 53.4 Å². The van der Waals surface area contributed by atoms with Crippen LogP contribution in [-0.2, 0) is 0 Å². The van der Waals surface area contributed by atoms with Crippen LogP contribution in [0.1, 0.15) is 10.4 Å². The molecule has 2 aromatic rings. The number of fused-ring (bicyclic) bond motifs is 1. The Balaban J connectivity index is 2.37. The zero-order valence-electron chi connectivity index (χ0n) is 9.93. The molecule has 18 heavy (non-hydrogen) atoms. The number of nitrogens with zero attached hydrogens (tertiary/aromatic N) is 2. The molecule has 0 atom stereocenters. The largest absolute Gasteiger partial charge is 0.395 e. The van der Waals surface area contributed by atoms with Crippen LogP contribution in [0.4, 0.5) is 4.39 Å². The van der Waals surface area contributed by atoms with Crippen LogP contribution in [0.5, 0.6) is 0 Å². The van der Waals surface area contributed by atoms with Crippen molar-refractivity contribution in [3.8, 4) is 0 Å². The van der Waals surface area contributed by atoms with Crippen LogP contribution < -0.4 is 0 Å². The molecule has 0 aliphatic rings. The van der Waals surface area contributed by atoms with Gasteiger partial charge in [0.25, 0.3) is 5.91 Å². The summed E-state index contributed by atoms with van der Waals surface area (Å²) in [5.74, 6) is -0.611. The van der Waals surface area contributed by atoms with E-state index in [-0.39, 0.29) is 24.9 Å². The van der Waals surface area contributed by atoms with Gasteiger partial charge in [-0.25, -0.2) is 4.39 Å². The molecular formula is C13H13FN2O2. The molecule has 1 heterocycles. The minimum absolute atomic E-state index is 0.0993. The van der Waals surface area contributed by atoms with Gasteiger partial charge in [-0.05, 0) is 24.3 Å². The van der Waals surface area contributed by atoms with Gasteiger partial charge in [-0.1, -0.05) is 0 Å². The lowest BCUT2D eigenvalue weighted by molar-refractivity contribution is 0.0767. The zero-order valence-corrected chi connectivity index (χ0v) is 9.93. The van der Waals surface area contributed by atoms with Crippen molar-refractivity contribution in [2.75, 3.05) is 20.2 Å². The Morgan fingerprint density at radius 3 is 2.94 bits per heavy atom. The second kappa shape index (κ2) is 5.10. The van der Waals surface area contributed by atoms with Crippen molar-refractivity contribution in [3.63, 3.8) is 0 Å². The highest BCUT2D eigenvalue weighted by atomic mass is 19.1. The summed E-state index contributed by atoms with van der Waals surface area (Å²) in [5, 5.41) is 9.36. The molecule has 0 saturated heterocycles. The molecule has 0 unspecified atom stereocenters. The lowest BCUT2D eigenvalue weighted by Gasteiger charge is -2.15. The van der Waals surface area contributed by atoms with Crippen molar-refractivity contribution in [2.24, 2.45) is 0 Å². The van der Waals surface area contributed by atoms with Crippen molar-refractivity contribution >= 4 is 16.8 Å². The van der Waals surface area contributed by atoms with E-state index in [4.69, 9.17) is 5.11 Å². The number of amides is 1. The summed E-state index contributed by atoms with van der Waals surface area (Å²) >= 11 is 0. The van der Waals surface area contributed by atoms with Crippen LogP contribution in [0, 0.1) is 5.82 Å². The van der Waals surface area contributed by atoms with Crippen molar-refractivity contribution in [3.05, 3.63) is 41.8 Å². The standard InChI is InChI=1S/C13H13FN2O2/c1-16(4-5-17)13(18)10-6-9-7-11(14)2-3-12(9)15-8-10/h2-3,6-8,17H,4-5H2,1H3. The first-order valence-corrected chi connectivity index (χ1v) is 5.53. The zero-order chi connectivity index (χ0) is 13.1. The number of hydrogen-bond donors (Lipinski definition) is 1. The number of likely N-dealkylation sites (N-methyl/N-ethyl adjacent to an activating group) is 1. The van der Waals surface area contributed by atoms with Crippen LogP contribution in [0.15, 0.2) is 30.5 Å². The van der Waals surface area contributed by atoms with Crippen molar-refractivity contribution in [1.82, 2.24) is 9.88 Å². The lowest BCUT2D eigenvalue weighted by Crippen LogP contribution is -2.29. The quantitative estimate of drug-likeness (QED) is 0.894. The SMILES string of the molecule is CN(CCO)C(=O)c1cnc2ccc(F)cc2c1. The maximum Gasteiger partial charge on any atom is 0.255 e. The molecule has 0 spiro atoms. The van der Waals surface area contributed by atoms with Crippen molar-refractivity contribution in [1.29, 1.82) is 0 Å². The molecule has 1 amide bonds. The molecule has 5 heteroatoms. The fraction of sp³-hybridized carbons (Fsp3) is 0.231. The first-order chi connectivity index (χ1) is 8.61. The maximum absolute atomic E-state index is 13.1. The monoisotopic (exact) mass is 248 g/mol. The van der Waals surface area contributed by atoms with Gasteiger partial charge in [0.2, 0.25) is 0 Å². The van der Waals surface area contributed by atoms with Crippen LogP contribution in [0.2, 0.25) is 0 Å². The molecule has 0 aliphatic carbocycles. The third-order valence-corrected chi connectivity index (χ3v) is 2.67. The number of aromatic nitrogens is 1. The molecule has 0 fully saturated rings. The Morgan fingerprint density at radius 1 is 1.44 bits per heavy atom. The van der Waals surface area contributed by atoms with E-state index in [0.717, 1.165) is 0 Å². The van der Waals surface area contributed by atoms with E-state index >= 15 is 0 Å². The predicted octanol–water partition coefficient (Wildman–Crippen LogP) is 1.44. The molecule has 0 saturated carbocycles. The first kappa shape index (κ1) is 12.4. The van der Waals surface area contributed by atoms with E-state index in [1.807, 2.05) is 0 Å². The molecule has 0 aliphatic heterocycles. The Kier molecular flexibility index (Phi) is 3.53. The van der Waals surface area contributed by atoms with Gasteiger partial charge in [0.15, 0.2) is 0 Å². The van der Waals surface area contributed by atoms with Gasteiger partial charge in [0.1, 0.15) is 5.82 Å². The number of halogens is 1. The van der Waals surface area contributed by atoms with E-state index in [9.17, 15) is 9.18 Å². The third-order valence-electron chi connectivity index (χ3n) is 2.67. The highest BCUT2D eigenvalue weighted by Crippen LogP contribution is 2.15. The van der Waals surface area contributed by atoms with Gasteiger partial charge >= 0.3 is 0 Å². The highest BCUT2D eigenvalue weighted by molar-refractivity contribution is 5.97. The average molecular weight is 248 g/mol. The number of hydrogen-bond acceptors (Lipinski definition) is 3. The lowest BCUT2D eigenvalue weighted by atomic mass is 10.1. The molecule has 1 aromatic heterocycles. The van der Waals surface area contributed by atoms with Gasteiger partial charge in [-0.2, -0.15) is 0 Å². The van der Waals surface area contributed by atoms with Gasteiger partial charge in [0.05, 0.1) is 17.7 Å². The van der Waals surface area contributed by atoms with Crippen molar-refractivity contribution in [2.45, 2.75) is 0 Å². The first-order valence-electron chi connectivity index (χ1n) is 5.53.